The van der Waals surface area contributed by atoms with E-state index in [4.69, 9.17) is 4.74 Å². The first-order valence-electron chi connectivity index (χ1n) is 9.90. The number of rotatable bonds is 4. The number of sulfonamides is 1. The van der Waals surface area contributed by atoms with Crippen molar-refractivity contribution in [2.45, 2.75) is 39.5 Å². The zero-order valence-electron chi connectivity index (χ0n) is 16.5. The lowest BCUT2D eigenvalue weighted by Gasteiger charge is -2.32. The van der Waals surface area contributed by atoms with Gasteiger partial charge in [0.1, 0.15) is 0 Å². The molecular formula is C20H28N2O5S. The molecule has 1 atom stereocenters. The molecule has 0 unspecified atom stereocenters. The molecule has 0 aliphatic carbocycles. The Hall–Kier alpha value is -2.09. The highest BCUT2D eigenvalue weighted by molar-refractivity contribution is 7.92. The molecule has 0 radical (unpaired) electrons. The van der Waals surface area contributed by atoms with Gasteiger partial charge >= 0.3 is 5.97 Å². The number of hydrogen-bond donors (Lipinski definition) is 0. The molecule has 0 aromatic heterocycles. The van der Waals surface area contributed by atoms with Gasteiger partial charge in [0.15, 0.2) is 0 Å². The largest absolute Gasteiger partial charge is 0.466 e. The van der Waals surface area contributed by atoms with Crippen molar-refractivity contribution >= 4 is 27.6 Å². The SMILES string of the molecule is CCOC(=O)[C@H]1CCCN(C(=O)c2ccc(N3CCCCS3(=O)=O)c(C)c2)C1. The zero-order valence-corrected chi connectivity index (χ0v) is 17.3. The number of ether oxygens (including phenoxy) is 1. The molecule has 0 bridgehead atoms. The molecule has 0 spiro atoms. The Kier molecular flexibility index (Phi) is 6.27. The van der Waals surface area contributed by atoms with E-state index in [9.17, 15) is 18.0 Å². The number of nitrogens with zero attached hydrogens (tertiary/aromatic N) is 2. The Labute approximate surface area is 166 Å². The molecule has 7 nitrogen and oxygen atoms in total. The highest BCUT2D eigenvalue weighted by atomic mass is 32.2. The van der Waals surface area contributed by atoms with Crippen LogP contribution in [-0.2, 0) is 19.6 Å². The van der Waals surface area contributed by atoms with Crippen molar-refractivity contribution < 1.29 is 22.7 Å². The summed E-state index contributed by atoms with van der Waals surface area (Å²) in [5.74, 6) is -0.501. The smallest absolute Gasteiger partial charge is 0.310 e. The molecule has 1 aromatic rings. The fraction of sp³-hybridized carbons (Fsp3) is 0.600. The molecule has 0 saturated carbocycles. The van der Waals surface area contributed by atoms with E-state index in [0.717, 1.165) is 24.8 Å². The minimum absolute atomic E-state index is 0.134. The van der Waals surface area contributed by atoms with E-state index >= 15 is 0 Å². The van der Waals surface area contributed by atoms with Crippen LogP contribution in [0.1, 0.15) is 48.5 Å². The molecule has 1 aromatic carbocycles. The van der Waals surface area contributed by atoms with E-state index in [-0.39, 0.29) is 23.5 Å². The van der Waals surface area contributed by atoms with Crippen LogP contribution in [0, 0.1) is 12.8 Å². The summed E-state index contributed by atoms with van der Waals surface area (Å²) >= 11 is 0. The maximum absolute atomic E-state index is 12.9. The third kappa shape index (κ3) is 4.32. The Balaban J connectivity index is 1.76. The summed E-state index contributed by atoms with van der Waals surface area (Å²) in [6, 6.07) is 5.15. The second-order valence-electron chi connectivity index (χ2n) is 7.44. The summed E-state index contributed by atoms with van der Waals surface area (Å²) in [6.45, 7) is 5.38. The van der Waals surface area contributed by atoms with Crippen molar-refractivity contribution in [1.82, 2.24) is 4.90 Å². The summed E-state index contributed by atoms with van der Waals surface area (Å²) in [7, 11) is -3.29. The first-order chi connectivity index (χ1) is 13.3. The number of carbonyl (C=O) groups is 2. The minimum atomic E-state index is -3.29. The van der Waals surface area contributed by atoms with Gasteiger partial charge in [-0.1, -0.05) is 0 Å². The molecule has 1 amide bonds. The normalized spacial score (nSPS) is 22.0. The number of aryl methyl sites for hydroxylation is 1. The number of piperidine rings is 1. The average Bonchev–Trinajstić information content (AvgIpc) is 2.68. The standard InChI is InChI=1S/C20H28N2O5S/c1-3-27-20(24)17-7-6-10-21(14-17)19(23)16-8-9-18(15(2)13-16)22-11-4-5-12-28(22,25)26/h8-9,13,17H,3-7,10-12,14H2,1-2H3/t17-/m0/s1. The molecule has 2 saturated heterocycles. The van der Waals surface area contributed by atoms with Gasteiger partial charge < -0.3 is 9.64 Å². The van der Waals surface area contributed by atoms with Crippen LogP contribution >= 0.6 is 0 Å². The lowest BCUT2D eigenvalue weighted by molar-refractivity contribution is -0.149. The Morgan fingerprint density at radius 2 is 1.96 bits per heavy atom. The number of amides is 1. The second kappa shape index (κ2) is 8.51. The van der Waals surface area contributed by atoms with Gasteiger partial charge in [-0.15, -0.1) is 0 Å². The van der Waals surface area contributed by atoms with Gasteiger partial charge in [0.05, 0.1) is 24.0 Å². The van der Waals surface area contributed by atoms with E-state index < -0.39 is 10.0 Å². The van der Waals surface area contributed by atoms with Crippen LogP contribution in [0.25, 0.3) is 0 Å². The van der Waals surface area contributed by atoms with E-state index in [1.165, 1.54) is 4.31 Å². The number of carbonyl (C=O) groups excluding carboxylic acids is 2. The fourth-order valence-corrected chi connectivity index (χ4v) is 5.63. The van der Waals surface area contributed by atoms with Crippen LogP contribution < -0.4 is 4.31 Å². The van der Waals surface area contributed by atoms with Gasteiger partial charge in [0.25, 0.3) is 5.91 Å². The molecule has 2 heterocycles. The van der Waals surface area contributed by atoms with Crippen LogP contribution in [0.3, 0.4) is 0 Å². The minimum Gasteiger partial charge on any atom is -0.466 e. The quantitative estimate of drug-likeness (QED) is 0.714. The monoisotopic (exact) mass is 408 g/mol. The average molecular weight is 409 g/mol. The van der Waals surface area contributed by atoms with Crippen molar-refractivity contribution in [3.8, 4) is 0 Å². The maximum atomic E-state index is 12.9. The third-order valence-corrected chi connectivity index (χ3v) is 7.25. The topological polar surface area (TPSA) is 84.0 Å². The second-order valence-corrected chi connectivity index (χ2v) is 9.45. The predicted molar refractivity (Wildman–Crippen MR) is 107 cm³/mol. The Bertz CT molecular complexity index is 852. The van der Waals surface area contributed by atoms with Crippen LogP contribution in [0.5, 0.6) is 0 Å². The highest BCUT2D eigenvalue weighted by Crippen LogP contribution is 2.28. The summed E-state index contributed by atoms with van der Waals surface area (Å²) in [5, 5.41) is 0. The van der Waals surface area contributed by atoms with Gasteiger partial charge in [0, 0.05) is 25.2 Å². The first-order valence-corrected chi connectivity index (χ1v) is 11.5. The molecule has 0 N–H and O–H groups in total. The highest BCUT2D eigenvalue weighted by Gasteiger charge is 2.31. The van der Waals surface area contributed by atoms with E-state index in [1.807, 2.05) is 6.92 Å². The summed E-state index contributed by atoms with van der Waals surface area (Å²) < 4.78 is 31.3. The molecule has 28 heavy (non-hydrogen) atoms. The molecular weight excluding hydrogens is 380 g/mol. The summed E-state index contributed by atoms with van der Waals surface area (Å²) in [6.07, 6.45) is 3.01. The molecule has 3 rings (SSSR count). The fourth-order valence-electron chi connectivity index (χ4n) is 3.92. The lowest BCUT2D eigenvalue weighted by Crippen LogP contribution is -2.43. The van der Waals surface area contributed by atoms with Gasteiger partial charge in [-0.05, 0) is 63.3 Å². The maximum Gasteiger partial charge on any atom is 0.310 e. The Morgan fingerprint density at radius 3 is 2.64 bits per heavy atom. The van der Waals surface area contributed by atoms with E-state index in [0.29, 0.717) is 43.9 Å². The van der Waals surface area contributed by atoms with Gasteiger partial charge in [0.2, 0.25) is 10.0 Å². The molecule has 8 heteroatoms. The van der Waals surface area contributed by atoms with Crippen molar-refractivity contribution in [2.75, 3.05) is 36.3 Å². The van der Waals surface area contributed by atoms with Crippen molar-refractivity contribution in [3.05, 3.63) is 29.3 Å². The predicted octanol–water partition coefficient (Wildman–Crippen LogP) is 2.34. The molecule has 154 valence electrons. The number of hydrogen-bond acceptors (Lipinski definition) is 5. The molecule has 2 aliphatic rings. The van der Waals surface area contributed by atoms with Gasteiger partial charge in [-0.3, -0.25) is 13.9 Å². The Morgan fingerprint density at radius 1 is 1.18 bits per heavy atom. The van der Waals surface area contributed by atoms with Gasteiger partial charge in [-0.2, -0.15) is 0 Å². The number of esters is 1. The van der Waals surface area contributed by atoms with E-state index in [2.05, 4.69) is 0 Å². The zero-order chi connectivity index (χ0) is 20.3. The van der Waals surface area contributed by atoms with Gasteiger partial charge in [-0.25, -0.2) is 8.42 Å². The van der Waals surface area contributed by atoms with Crippen LogP contribution in [0.4, 0.5) is 5.69 Å². The number of likely N-dealkylation sites (tertiary alicyclic amines) is 1. The van der Waals surface area contributed by atoms with Crippen molar-refractivity contribution in [2.24, 2.45) is 5.92 Å². The molecule has 2 fully saturated rings. The van der Waals surface area contributed by atoms with Crippen molar-refractivity contribution in [3.63, 3.8) is 0 Å². The van der Waals surface area contributed by atoms with Crippen molar-refractivity contribution in [1.29, 1.82) is 0 Å². The van der Waals surface area contributed by atoms with Crippen LogP contribution in [0.15, 0.2) is 18.2 Å². The molecule has 2 aliphatic heterocycles. The summed E-state index contributed by atoms with van der Waals surface area (Å²) in [5.41, 5.74) is 1.91. The summed E-state index contributed by atoms with van der Waals surface area (Å²) in [4.78, 5) is 26.6. The number of anilines is 1. The number of benzene rings is 1. The van der Waals surface area contributed by atoms with Crippen LogP contribution in [-0.4, -0.2) is 57.2 Å². The first kappa shape index (κ1) is 20.6. The van der Waals surface area contributed by atoms with E-state index in [1.54, 1.807) is 30.0 Å². The lowest BCUT2D eigenvalue weighted by atomic mass is 9.97. The third-order valence-electron chi connectivity index (χ3n) is 5.39. The van der Waals surface area contributed by atoms with Crippen LogP contribution in [0.2, 0.25) is 0 Å².